The van der Waals surface area contributed by atoms with E-state index in [1.54, 1.807) is 26.3 Å². The molecule has 5 nitrogen and oxygen atoms in total. The molecule has 1 aliphatic carbocycles. The maximum atomic E-state index is 12.7. The van der Waals surface area contributed by atoms with Gasteiger partial charge in [-0.05, 0) is 56.1 Å². The second-order valence-corrected chi connectivity index (χ2v) is 7.30. The van der Waals surface area contributed by atoms with Gasteiger partial charge >= 0.3 is 0 Å². The molecule has 21 heavy (non-hydrogen) atoms. The molecule has 0 bridgehead atoms. The second-order valence-electron chi connectivity index (χ2n) is 5.33. The van der Waals surface area contributed by atoms with E-state index < -0.39 is 10.0 Å². The van der Waals surface area contributed by atoms with Crippen molar-refractivity contribution in [1.82, 2.24) is 9.62 Å². The second kappa shape index (κ2) is 6.77. The van der Waals surface area contributed by atoms with E-state index in [4.69, 9.17) is 4.74 Å². The van der Waals surface area contributed by atoms with Crippen molar-refractivity contribution >= 4 is 10.0 Å². The summed E-state index contributed by atoms with van der Waals surface area (Å²) in [5.41, 5.74) is 0.808. The Bertz CT molecular complexity index is 583. The molecule has 2 rings (SSSR count). The quantitative estimate of drug-likeness (QED) is 0.741. The van der Waals surface area contributed by atoms with Gasteiger partial charge in [0.25, 0.3) is 0 Å². The Balaban J connectivity index is 2.31. The maximum absolute atomic E-state index is 12.7. The number of sulfonamides is 1. The highest BCUT2D eigenvalue weighted by Crippen LogP contribution is 2.32. The molecular weight excluding hydrogens is 288 g/mol. The summed E-state index contributed by atoms with van der Waals surface area (Å²) >= 11 is 0. The van der Waals surface area contributed by atoms with E-state index in [1.807, 2.05) is 13.0 Å². The van der Waals surface area contributed by atoms with E-state index in [9.17, 15) is 8.42 Å². The number of nitrogens with zero attached hydrogens (tertiary/aromatic N) is 1. The summed E-state index contributed by atoms with van der Waals surface area (Å²) < 4.78 is 32.2. The Morgan fingerprint density at radius 3 is 2.67 bits per heavy atom. The molecule has 0 aliphatic heterocycles. The van der Waals surface area contributed by atoms with Gasteiger partial charge in [-0.1, -0.05) is 6.92 Å². The van der Waals surface area contributed by atoms with E-state index in [-0.39, 0.29) is 6.04 Å². The Morgan fingerprint density at radius 2 is 2.10 bits per heavy atom. The number of hydrogen-bond donors (Lipinski definition) is 1. The van der Waals surface area contributed by atoms with Gasteiger partial charge in [0.05, 0.1) is 12.0 Å². The molecule has 0 aromatic heterocycles. The molecule has 6 heteroatoms. The molecule has 0 spiro atoms. The summed E-state index contributed by atoms with van der Waals surface area (Å²) in [5, 5.41) is 3.23. The third kappa shape index (κ3) is 3.75. The van der Waals surface area contributed by atoms with Crippen molar-refractivity contribution in [3.05, 3.63) is 23.8 Å². The molecule has 1 aromatic rings. The first kappa shape index (κ1) is 16.3. The highest BCUT2D eigenvalue weighted by atomic mass is 32.2. The van der Waals surface area contributed by atoms with Crippen LogP contribution in [0.4, 0.5) is 0 Å². The van der Waals surface area contributed by atoms with Gasteiger partial charge in [0.15, 0.2) is 0 Å². The lowest BCUT2D eigenvalue weighted by molar-refractivity contribution is 0.413. The third-order valence-electron chi connectivity index (χ3n) is 3.81. The zero-order valence-electron chi connectivity index (χ0n) is 12.9. The number of nitrogens with one attached hydrogen (secondary N) is 1. The first-order valence-corrected chi connectivity index (χ1v) is 8.80. The predicted molar refractivity (Wildman–Crippen MR) is 83.2 cm³/mol. The van der Waals surface area contributed by atoms with Crippen LogP contribution in [0.5, 0.6) is 5.75 Å². The smallest absolute Gasteiger partial charge is 0.243 e. The maximum Gasteiger partial charge on any atom is 0.243 e. The molecule has 1 aliphatic rings. The molecule has 0 saturated heterocycles. The minimum Gasteiger partial charge on any atom is -0.497 e. The number of benzene rings is 1. The lowest BCUT2D eigenvalue weighted by atomic mass is 10.1. The van der Waals surface area contributed by atoms with Gasteiger partial charge in [0, 0.05) is 13.1 Å². The van der Waals surface area contributed by atoms with E-state index in [1.165, 1.54) is 4.31 Å². The van der Waals surface area contributed by atoms with Gasteiger partial charge in [0.1, 0.15) is 5.75 Å². The fourth-order valence-corrected chi connectivity index (χ4v) is 3.97. The van der Waals surface area contributed by atoms with Crippen LogP contribution in [-0.2, 0) is 16.4 Å². The average Bonchev–Trinajstić information content (AvgIpc) is 3.31. The number of methoxy groups -OCH3 is 1. The summed E-state index contributed by atoms with van der Waals surface area (Å²) in [6, 6.07) is 5.36. The molecule has 1 fully saturated rings. The van der Waals surface area contributed by atoms with Crippen molar-refractivity contribution in [1.29, 1.82) is 0 Å². The molecule has 0 radical (unpaired) electrons. The Morgan fingerprint density at radius 1 is 1.38 bits per heavy atom. The standard InChI is InChI=1S/C15H24N2O3S/c1-4-16-10-9-12-11-14(20-3)7-8-15(12)21(18,19)17(2)13-5-6-13/h7-8,11,13,16H,4-6,9-10H2,1-3H3. The largest absolute Gasteiger partial charge is 0.497 e. The van der Waals surface area contributed by atoms with Crippen LogP contribution in [-0.4, -0.2) is 46.0 Å². The van der Waals surface area contributed by atoms with Crippen molar-refractivity contribution < 1.29 is 13.2 Å². The highest BCUT2D eigenvalue weighted by Gasteiger charge is 2.36. The zero-order chi connectivity index (χ0) is 15.5. The summed E-state index contributed by atoms with van der Waals surface area (Å²) in [7, 11) is -0.155. The van der Waals surface area contributed by atoms with E-state index in [0.717, 1.165) is 31.5 Å². The number of ether oxygens (including phenoxy) is 1. The van der Waals surface area contributed by atoms with Crippen LogP contribution in [0.3, 0.4) is 0 Å². The number of rotatable bonds is 8. The fraction of sp³-hybridized carbons (Fsp3) is 0.600. The molecule has 118 valence electrons. The van der Waals surface area contributed by atoms with Crippen LogP contribution in [0.15, 0.2) is 23.1 Å². The van der Waals surface area contributed by atoms with Crippen LogP contribution >= 0.6 is 0 Å². The van der Waals surface area contributed by atoms with Crippen LogP contribution < -0.4 is 10.1 Å². The molecule has 1 N–H and O–H groups in total. The number of hydrogen-bond acceptors (Lipinski definition) is 4. The SMILES string of the molecule is CCNCCc1cc(OC)ccc1S(=O)(=O)N(C)C1CC1. The minimum absolute atomic E-state index is 0.165. The molecule has 1 aromatic carbocycles. The molecule has 0 amide bonds. The van der Waals surface area contributed by atoms with Gasteiger partial charge in [-0.15, -0.1) is 0 Å². The summed E-state index contributed by atoms with van der Waals surface area (Å²) in [6.45, 7) is 3.65. The van der Waals surface area contributed by atoms with Gasteiger partial charge < -0.3 is 10.1 Å². The first-order valence-electron chi connectivity index (χ1n) is 7.36. The third-order valence-corrected chi connectivity index (χ3v) is 5.82. The van der Waals surface area contributed by atoms with Crippen LogP contribution in [0.25, 0.3) is 0 Å². The Labute approximate surface area is 127 Å². The van der Waals surface area contributed by atoms with Gasteiger partial charge in [-0.2, -0.15) is 4.31 Å². The molecule has 0 atom stereocenters. The van der Waals surface area contributed by atoms with Crippen molar-refractivity contribution in [2.75, 3.05) is 27.2 Å². The summed E-state index contributed by atoms with van der Waals surface area (Å²) in [5.74, 6) is 0.689. The van der Waals surface area contributed by atoms with E-state index >= 15 is 0 Å². The zero-order valence-corrected chi connectivity index (χ0v) is 13.7. The highest BCUT2D eigenvalue weighted by molar-refractivity contribution is 7.89. The normalized spacial score (nSPS) is 15.4. The van der Waals surface area contributed by atoms with Crippen molar-refractivity contribution in [2.24, 2.45) is 0 Å². The number of likely N-dealkylation sites (N-methyl/N-ethyl adjacent to an activating group) is 1. The molecule has 1 saturated carbocycles. The average molecular weight is 312 g/mol. The summed E-state index contributed by atoms with van der Waals surface area (Å²) in [6.07, 6.45) is 2.58. The summed E-state index contributed by atoms with van der Waals surface area (Å²) in [4.78, 5) is 0.399. The van der Waals surface area contributed by atoms with E-state index in [2.05, 4.69) is 5.32 Å². The predicted octanol–water partition coefficient (Wildman–Crippen LogP) is 1.63. The van der Waals surface area contributed by atoms with Crippen LogP contribution in [0.2, 0.25) is 0 Å². The van der Waals surface area contributed by atoms with Crippen LogP contribution in [0.1, 0.15) is 25.3 Å². The van der Waals surface area contributed by atoms with Crippen molar-refractivity contribution in [3.63, 3.8) is 0 Å². The van der Waals surface area contributed by atoms with Gasteiger partial charge in [-0.3, -0.25) is 0 Å². The Hall–Kier alpha value is -1.11. The molecule has 0 unspecified atom stereocenters. The minimum atomic E-state index is -3.42. The lowest BCUT2D eigenvalue weighted by Crippen LogP contribution is -2.30. The monoisotopic (exact) mass is 312 g/mol. The first-order chi connectivity index (χ1) is 10.0. The van der Waals surface area contributed by atoms with Crippen LogP contribution in [0, 0.1) is 0 Å². The molecule has 0 heterocycles. The lowest BCUT2D eigenvalue weighted by Gasteiger charge is -2.19. The van der Waals surface area contributed by atoms with E-state index in [0.29, 0.717) is 17.1 Å². The fourth-order valence-electron chi connectivity index (χ4n) is 2.32. The van der Waals surface area contributed by atoms with Gasteiger partial charge in [0.2, 0.25) is 10.0 Å². The molecular formula is C15H24N2O3S. The Kier molecular flexibility index (Phi) is 5.24. The topological polar surface area (TPSA) is 58.6 Å². The van der Waals surface area contributed by atoms with Gasteiger partial charge in [-0.25, -0.2) is 8.42 Å². The van der Waals surface area contributed by atoms with Crippen molar-refractivity contribution in [3.8, 4) is 5.75 Å². The van der Waals surface area contributed by atoms with Crippen molar-refractivity contribution in [2.45, 2.75) is 37.1 Å².